The van der Waals surface area contributed by atoms with Crippen LogP contribution >= 0.6 is 0 Å². The van der Waals surface area contributed by atoms with Gasteiger partial charge in [-0.25, -0.2) is 0 Å². The van der Waals surface area contributed by atoms with Gasteiger partial charge in [-0.05, 0) is 55.1 Å². The first-order chi connectivity index (χ1) is 11.8. The minimum Gasteiger partial charge on any atom is -0.465 e. The molecule has 4 rings (SSSR count). The van der Waals surface area contributed by atoms with Crippen LogP contribution in [0.4, 0.5) is 0 Å². The van der Waals surface area contributed by atoms with Crippen molar-refractivity contribution in [2.45, 2.75) is 31.2 Å². The lowest BCUT2D eigenvalue weighted by Crippen LogP contribution is -2.27. The summed E-state index contributed by atoms with van der Waals surface area (Å²) in [5.74, 6) is -0.397. The molecule has 2 aromatic carbocycles. The predicted octanol–water partition coefficient (Wildman–Crippen LogP) is 3.83. The number of hydrogen-bond donors (Lipinski definition) is 0. The molecule has 3 heteroatoms. The normalized spacial score (nSPS) is 20.0. The molecule has 0 aromatic heterocycles. The van der Waals surface area contributed by atoms with Gasteiger partial charge >= 0.3 is 5.97 Å². The fraction of sp³-hybridized carbons (Fsp3) is 0.381. The molecule has 0 saturated carbocycles. The minimum absolute atomic E-state index is 0.118. The first kappa shape index (κ1) is 15.4. The van der Waals surface area contributed by atoms with E-state index < -0.39 is 0 Å². The number of benzene rings is 2. The van der Waals surface area contributed by atoms with E-state index in [1.807, 2.05) is 36.4 Å². The maximum absolute atomic E-state index is 12.8. The molecule has 24 heavy (non-hydrogen) atoms. The van der Waals surface area contributed by atoms with Crippen molar-refractivity contribution in [3.63, 3.8) is 0 Å². The number of nitrogens with zero attached hydrogens (tertiary/aromatic N) is 1. The molecule has 1 unspecified atom stereocenters. The van der Waals surface area contributed by atoms with Crippen molar-refractivity contribution in [2.24, 2.45) is 0 Å². The van der Waals surface area contributed by atoms with Crippen LogP contribution in [-0.4, -0.2) is 37.1 Å². The molecular formula is C21H23NO2. The third-order valence-electron chi connectivity index (χ3n) is 5.44. The van der Waals surface area contributed by atoms with Gasteiger partial charge in [0.05, 0.1) is 6.61 Å². The van der Waals surface area contributed by atoms with Crippen LogP contribution in [0, 0.1) is 0 Å². The quantitative estimate of drug-likeness (QED) is 0.802. The molecule has 0 N–H and O–H groups in total. The van der Waals surface area contributed by atoms with Crippen LogP contribution in [0.25, 0.3) is 11.1 Å². The highest BCUT2D eigenvalue weighted by Gasteiger charge is 2.34. The SMILES string of the molecule is CN1CCCC1CCOC(=O)C1c2ccccc2-c2ccccc21. The van der Waals surface area contributed by atoms with Crippen LogP contribution in [0.2, 0.25) is 0 Å². The van der Waals surface area contributed by atoms with Crippen molar-refractivity contribution in [1.29, 1.82) is 0 Å². The number of rotatable bonds is 4. The van der Waals surface area contributed by atoms with Crippen molar-refractivity contribution < 1.29 is 9.53 Å². The lowest BCUT2D eigenvalue weighted by Gasteiger charge is -2.20. The summed E-state index contributed by atoms with van der Waals surface area (Å²) < 4.78 is 5.68. The Morgan fingerprint density at radius 2 is 1.71 bits per heavy atom. The molecule has 0 radical (unpaired) electrons. The van der Waals surface area contributed by atoms with E-state index in [1.54, 1.807) is 0 Å². The zero-order chi connectivity index (χ0) is 16.5. The van der Waals surface area contributed by atoms with Gasteiger partial charge in [0.25, 0.3) is 0 Å². The second-order valence-corrected chi connectivity index (χ2v) is 6.84. The lowest BCUT2D eigenvalue weighted by molar-refractivity contribution is -0.144. The van der Waals surface area contributed by atoms with E-state index in [9.17, 15) is 4.79 Å². The van der Waals surface area contributed by atoms with Gasteiger partial charge < -0.3 is 9.64 Å². The molecule has 1 atom stereocenters. The van der Waals surface area contributed by atoms with E-state index >= 15 is 0 Å². The summed E-state index contributed by atoms with van der Waals surface area (Å²) in [7, 11) is 2.16. The minimum atomic E-state index is -0.279. The van der Waals surface area contributed by atoms with Crippen molar-refractivity contribution >= 4 is 5.97 Å². The third-order valence-corrected chi connectivity index (χ3v) is 5.44. The Morgan fingerprint density at radius 1 is 1.08 bits per heavy atom. The lowest BCUT2D eigenvalue weighted by atomic mass is 9.97. The molecule has 1 saturated heterocycles. The summed E-state index contributed by atoms with van der Waals surface area (Å²) in [6.45, 7) is 1.66. The maximum atomic E-state index is 12.8. The molecule has 2 aliphatic rings. The van der Waals surface area contributed by atoms with Gasteiger partial charge in [0.15, 0.2) is 0 Å². The first-order valence-corrected chi connectivity index (χ1v) is 8.81. The standard InChI is InChI=1S/C21H23NO2/c1-22-13-6-7-15(22)12-14-24-21(23)20-18-10-4-2-8-16(18)17-9-3-5-11-19(17)20/h2-5,8-11,15,20H,6-7,12-14H2,1H3. The Bertz CT molecular complexity index is 710. The smallest absolute Gasteiger partial charge is 0.317 e. The van der Waals surface area contributed by atoms with Crippen LogP contribution in [0.5, 0.6) is 0 Å². The highest BCUT2D eigenvalue weighted by atomic mass is 16.5. The maximum Gasteiger partial charge on any atom is 0.317 e. The predicted molar refractivity (Wildman–Crippen MR) is 94.9 cm³/mol. The fourth-order valence-corrected chi connectivity index (χ4v) is 4.13. The summed E-state index contributed by atoms with van der Waals surface area (Å²) in [6, 6.07) is 16.9. The van der Waals surface area contributed by atoms with Gasteiger partial charge in [-0.3, -0.25) is 4.79 Å². The summed E-state index contributed by atoms with van der Waals surface area (Å²) in [5.41, 5.74) is 4.46. The van der Waals surface area contributed by atoms with Crippen LogP contribution in [0.1, 0.15) is 36.3 Å². The van der Waals surface area contributed by atoms with E-state index in [0.717, 1.165) is 35.2 Å². The molecule has 2 aromatic rings. The van der Waals surface area contributed by atoms with Gasteiger partial charge in [0.2, 0.25) is 0 Å². The van der Waals surface area contributed by atoms with E-state index in [4.69, 9.17) is 4.74 Å². The molecule has 1 aliphatic heterocycles. The summed E-state index contributed by atoms with van der Waals surface area (Å²) in [6.07, 6.45) is 3.39. The second kappa shape index (κ2) is 6.40. The van der Waals surface area contributed by atoms with Gasteiger partial charge in [0.1, 0.15) is 5.92 Å². The largest absolute Gasteiger partial charge is 0.465 e. The number of fused-ring (bicyclic) bond motifs is 3. The number of likely N-dealkylation sites (tertiary alicyclic amines) is 1. The third kappa shape index (κ3) is 2.63. The van der Waals surface area contributed by atoms with Crippen molar-refractivity contribution in [2.75, 3.05) is 20.2 Å². The number of esters is 1. The number of carbonyl (C=O) groups excluding carboxylic acids is 1. The fourth-order valence-electron chi connectivity index (χ4n) is 4.13. The van der Waals surface area contributed by atoms with Crippen LogP contribution < -0.4 is 0 Å². The highest BCUT2D eigenvalue weighted by molar-refractivity contribution is 5.93. The molecule has 1 fully saturated rings. The van der Waals surface area contributed by atoms with E-state index in [2.05, 4.69) is 24.1 Å². The Kier molecular flexibility index (Phi) is 4.11. The van der Waals surface area contributed by atoms with Crippen LogP contribution in [0.3, 0.4) is 0 Å². The van der Waals surface area contributed by atoms with Crippen LogP contribution in [0.15, 0.2) is 48.5 Å². The Balaban J connectivity index is 1.50. The monoisotopic (exact) mass is 321 g/mol. The first-order valence-electron chi connectivity index (χ1n) is 8.81. The number of hydrogen-bond acceptors (Lipinski definition) is 3. The van der Waals surface area contributed by atoms with E-state index in [0.29, 0.717) is 12.6 Å². The average Bonchev–Trinajstić information content (AvgIpc) is 3.16. The summed E-state index contributed by atoms with van der Waals surface area (Å²) in [5, 5.41) is 0. The Hall–Kier alpha value is -2.13. The second-order valence-electron chi connectivity index (χ2n) is 6.84. The number of ether oxygens (including phenoxy) is 1. The molecule has 3 nitrogen and oxygen atoms in total. The molecule has 0 spiro atoms. The van der Waals surface area contributed by atoms with Gasteiger partial charge in [-0.2, -0.15) is 0 Å². The van der Waals surface area contributed by atoms with E-state index in [-0.39, 0.29) is 11.9 Å². The Morgan fingerprint density at radius 3 is 2.29 bits per heavy atom. The highest BCUT2D eigenvalue weighted by Crippen LogP contribution is 2.45. The van der Waals surface area contributed by atoms with Crippen molar-refractivity contribution in [3.8, 4) is 11.1 Å². The number of carbonyl (C=O) groups is 1. The summed E-state index contributed by atoms with van der Waals surface area (Å²) >= 11 is 0. The van der Waals surface area contributed by atoms with Gasteiger partial charge in [-0.1, -0.05) is 48.5 Å². The van der Waals surface area contributed by atoms with Gasteiger partial charge in [0, 0.05) is 6.04 Å². The van der Waals surface area contributed by atoms with Gasteiger partial charge in [-0.15, -0.1) is 0 Å². The zero-order valence-electron chi connectivity index (χ0n) is 14.1. The zero-order valence-corrected chi connectivity index (χ0v) is 14.1. The average molecular weight is 321 g/mol. The molecule has 1 heterocycles. The molecule has 1 aliphatic carbocycles. The van der Waals surface area contributed by atoms with Crippen molar-refractivity contribution in [1.82, 2.24) is 4.90 Å². The summed E-state index contributed by atoms with van der Waals surface area (Å²) in [4.78, 5) is 15.2. The molecular weight excluding hydrogens is 298 g/mol. The van der Waals surface area contributed by atoms with E-state index in [1.165, 1.54) is 12.8 Å². The molecule has 0 bridgehead atoms. The van der Waals surface area contributed by atoms with Crippen molar-refractivity contribution in [3.05, 3.63) is 59.7 Å². The van der Waals surface area contributed by atoms with Crippen LogP contribution in [-0.2, 0) is 9.53 Å². The Labute approximate surface area is 143 Å². The topological polar surface area (TPSA) is 29.5 Å². The molecule has 0 amide bonds. The molecule has 124 valence electrons.